The van der Waals surface area contributed by atoms with Gasteiger partial charge in [0.1, 0.15) is 0 Å². The predicted molar refractivity (Wildman–Crippen MR) is 79.1 cm³/mol. The van der Waals surface area contributed by atoms with E-state index in [0.717, 1.165) is 22.8 Å². The van der Waals surface area contributed by atoms with Crippen LogP contribution in [0.3, 0.4) is 0 Å². The molecule has 0 saturated heterocycles. The first-order chi connectivity index (χ1) is 9.45. The lowest BCUT2D eigenvalue weighted by Gasteiger charge is -2.20. The number of hydrogen-bond acceptors (Lipinski definition) is 2. The van der Waals surface area contributed by atoms with E-state index < -0.39 is 17.7 Å². The predicted octanol–water partition coefficient (Wildman–Crippen LogP) is 3.90. The van der Waals surface area contributed by atoms with Crippen molar-refractivity contribution in [1.82, 2.24) is 5.43 Å². The van der Waals surface area contributed by atoms with E-state index in [9.17, 15) is 8.78 Å². The molecule has 0 spiro atoms. The lowest BCUT2D eigenvalue weighted by Crippen LogP contribution is -2.29. The number of halogens is 3. The highest BCUT2D eigenvalue weighted by Crippen LogP contribution is 2.31. The molecule has 0 saturated carbocycles. The summed E-state index contributed by atoms with van der Waals surface area (Å²) < 4.78 is 26.9. The molecule has 2 aromatic rings. The van der Waals surface area contributed by atoms with E-state index in [1.54, 1.807) is 0 Å². The van der Waals surface area contributed by atoms with Crippen molar-refractivity contribution in [1.29, 1.82) is 0 Å². The molecular weight excluding hydrogens is 326 g/mol. The second-order valence-corrected chi connectivity index (χ2v) is 5.50. The van der Waals surface area contributed by atoms with E-state index in [0.29, 0.717) is 5.56 Å². The number of rotatable bonds is 3. The summed E-state index contributed by atoms with van der Waals surface area (Å²) in [6.07, 6.45) is 0. The second-order valence-electron chi connectivity index (χ2n) is 4.71. The number of hydrogen-bond donors (Lipinski definition) is 2. The molecule has 0 radical (unpaired) electrons. The molecule has 0 fully saturated rings. The Kier molecular flexibility index (Phi) is 4.52. The Bertz CT molecular complexity index is 644. The maximum Gasteiger partial charge on any atom is 0.173 e. The molecule has 0 aliphatic heterocycles. The number of benzene rings is 2. The molecule has 106 valence electrons. The first-order valence-electron chi connectivity index (χ1n) is 6.12. The van der Waals surface area contributed by atoms with Gasteiger partial charge in [-0.1, -0.05) is 24.3 Å². The summed E-state index contributed by atoms with van der Waals surface area (Å²) in [7, 11) is 0. The lowest BCUT2D eigenvalue weighted by atomic mass is 9.96. The van der Waals surface area contributed by atoms with Crippen LogP contribution in [0.15, 0.2) is 34.8 Å². The Morgan fingerprint density at radius 1 is 1.10 bits per heavy atom. The van der Waals surface area contributed by atoms with Gasteiger partial charge in [-0.2, -0.15) is 0 Å². The van der Waals surface area contributed by atoms with Gasteiger partial charge in [0.2, 0.25) is 0 Å². The quantitative estimate of drug-likeness (QED) is 0.505. The third-order valence-electron chi connectivity index (χ3n) is 3.41. The monoisotopic (exact) mass is 340 g/mol. The van der Waals surface area contributed by atoms with Crippen LogP contribution in [-0.2, 0) is 0 Å². The lowest BCUT2D eigenvalue weighted by molar-refractivity contribution is 0.498. The third kappa shape index (κ3) is 2.75. The summed E-state index contributed by atoms with van der Waals surface area (Å²) in [6.45, 7) is 4.00. The molecule has 0 bridgehead atoms. The van der Waals surface area contributed by atoms with Crippen molar-refractivity contribution in [2.75, 3.05) is 0 Å². The maximum absolute atomic E-state index is 13.7. The van der Waals surface area contributed by atoms with E-state index in [1.165, 1.54) is 6.07 Å². The van der Waals surface area contributed by atoms with Gasteiger partial charge in [0.25, 0.3) is 0 Å². The fourth-order valence-electron chi connectivity index (χ4n) is 2.07. The van der Waals surface area contributed by atoms with Gasteiger partial charge in [0.05, 0.1) is 10.5 Å². The molecule has 0 amide bonds. The van der Waals surface area contributed by atoms with Crippen LogP contribution < -0.4 is 11.3 Å². The van der Waals surface area contributed by atoms with Gasteiger partial charge in [-0.3, -0.25) is 5.84 Å². The Labute approximate surface area is 125 Å². The first kappa shape index (κ1) is 15.1. The van der Waals surface area contributed by atoms with E-state index in [1.807, 2.05) is 32.0 Å². The minimum Gasteiger partial charge on any atom is -0.271 e. The first-order valence-corrected chi connectivity index (χ1v) is 6.91. The number of hydrazine groups is 1. The highest BCUT2D eigenvalue weighted by atomic mass is 79.9. The van der Waals surface area contributed by atoms with E-state index in [-0.39, 0.29) is 4.47 Å². The van der Waals surface area contributed by atoms with E-state index in [2.05, 4.69) is 21.4 Å². The highest BCUT2D eigenvalue weighted by Gasteiger charge is 2.20. The van der Waals surface area contributed by atoms with Crippen LogP contribution in [0, 0.1) is 25.5 Å². The zero-order valence-corrected chi connectivity index (χ0v) is 12.8. The van der Waals surface area contributed by atoms with Gasteiger partial charge >= 0.3 is 0 Å². The van der Waals surface area contributed by atoms with E-state index in [4.69, 9.17) is 5.84 Å². The normalized spacial score (nSPS) is 12.5. The molecule has 2 rings (SSSR count). The summed E-state index contributed by atoms with van der Waals surface area (Å²) in [5, 5.41) is 0. The Morgan fingerprint density at radius 3 is 2.40 bits per heavy atom. The summed E-state index contributed by atoms with van der Waals surface area (Å²) in [6, 6.07) is 8.07. The van der Waals surface area contributed by atoms with Crippen LogP contribution in [-0.4, -0.2) is 0 Å². The van der Waals surface area contributed by atoms with Crippen molar-refractivity contribution in [3.63, 3.8) is 0 Å². The van der Waals surface area contributed by atoms with Gasteiger partial charge < -0.3 is 0 Å². The van der Waals surface area contributed by atoms with Crippen molar-refractivity contribution >= 4 is 15.9 Å². The van der Waals surface area contributed by atoms with Gasteiger partial charge in [-0.15, -0.1) is 0 Å². The van der Waals surface area contributed by atoms with Gasteiger partial charge in [-0.05, 0) is 58.1 Å². The topological polar surface area (TPSA) is 38.0 Å². The number of nitrogens with one attached hydrogen (secondary N) is 1. The van der Waals surface area contributed by atoms with Gasteiger partial charge in [0, 0.05) is 0 Å². The third-order valence-corrected chi connectivity index (χ3v) is 4.21. The molecule has 2 nitrogen and oxygen atoms in total. The smallest absolute Gasteiger partial charge is 0.173 e. The molecule has 2 aromatic carbocycles. The molecule has 0 heterocycles. The van der Waals surface area contributed by atoms with Crippen LogP contribution in [0.5, 0.6) is 0 Å². The van der Waals surface area contributed by atoms with Crippen LogP contribution >= 0.6 is 15.9 Å². The minimum absolute atomic E-state index is 0.0821. The van der Waals surface area contributed by atoms with Gasteiger partial charge in [-0.25, -0.2) is 14.2 Å². The van der Waals surface area contributed by atoms with Crippen molar-refractivity contribution in [3.8, 4) is 0 Å². The maximum atomic E-state index is 13.7. The SMILES string of the molecule is Cc1ccc(C(NN)c2ccc(F)c(F)c2Br)cc1C. The molecular formula is C15H15BrF2N2. The zero-order valence-electron chi connectivity index (χ0n) is 11.2. The molecule has 1 unspecified atom stereocenters. The van der Waals surface area contributed by atoms with Crippen LogP contribution in [0.2, 0.25) is 0 Å². The Hall–Kier alpha value is -1.30. The molecule has 0 aliphatic rings. The fraction of sp³-hybridized carbons (Fsp3) is 0.200. The Morgan fingerprint density at radius 2 is 1.80 bits per heavy atom. The number of nitrogens with two attached hydrogens (primary N) is 1. The largest absolute Gasteiger partial charge is 0.271 e. The van der Waals surface area contributed by atoms with E-state index >= 15 is 0 Å². The van der Waals surface area contributed by atoms with Crippen LogP contribution in [0.25, 0.3) is 0 Å². The summed E-state index contributed by atoms with van der Waals surface area (Å²) >= 11 is 3.09. The zero-order chi connectivity index (χ0) is 14.9. The van der Waals surface area contributed by atoms with Crippen molar-refractivity contribution < 1.29 is 8.78 Å². The second kappa shape index (κ2) is 5.99. The summed E-state index contributed by atoms with van der Waals surface area (Å²) in [5.74, 6) is 3.79. The molecule has 5 heteroatoms. The fourth-order valence-corrected chi connectivity index (χ4v) is 2.62. The van der Waals surface area contributed by atoms with Gasteiger partial charge in [0.15, 0.2) is 11.6 Å². The minimum atomic E-state index is -0.911. The molecule has 0 aromatic heterocycles. The summed E-state index contributed by atoms with van der Waals surface area (Å²) in [5.41, 5.74) is 6.36. The average Bonchev–Trinajstić information content (AvgIpc) is 2.43. The summed E-state index contributed by atoms with van der Waals surface area (Å²) in [4.78, 5) is 0. The average molecular weight is 341 g/mol. The van der Waals surface area contributed by atoms with Crippen LogP contribution in [0.1, 0.15) is 28.3 Å². The van der Waals surface area contributed by atoms with Crippen molar-refractivity contribution in [2.24, 2.45) is 5.84 Å². The van der Waals surface area contributed by atoms with Crippen LogP contribution in [0.4, 0.5) is 8.78 Å². The molecule has 1 atom stereocenters. The molecule has 3 N–H and O–H groups in total. The van der Waals surface area contributed by atoms with Crippen molar-refractivity contribution in [3.05, 3.63) is 68.7 Å². The standard InChI is InChI=1S/C15H15BrF2N2/c1-8-3-4-10(7-9(8)2)15(20-19)11-5-6-12(17)14(18)13(11)16/h3-7,15,20H,19H2,1-2H3. The molecule has 20 heavy (non-hydrogen) atoms. The highest BCUT2D eigenvalue weighted by molar-refractivity contribution is 9.10. The molecule has 0 aliphatic carbocycles. The Balaban J connectivity index is 2.52. The van der Waals surface area contributed by atoms with Crippen molar-refractivity contribution in [2.45, 2.75) is 19.9 Å². The number of aryl methyl sites for hydroxylation is 2.